The fourth-order valence-corrected chi connectivity index (χ4v) is 1.53. The van der Waals surface area contributed by atoms with E-state index in [9.17, 15) is 9.59 Å². The lowest BCUT2D eigenvalue weighted by molar-refractivity contribution is -0.142. The topological polar surface area (TPSA) is 87.9 Å². The van der Waals surface area contributed by atoms with Crippen molar-refractivity contribution in [2.75, 3.05) is 7.11 Å². The maximum absolute atomic E-state index is 11.7. The average Bonchev–Trinajstić information content (AvgIpc) is 2.37. The number of hydrogen-bond acceptors (Lipinski definition) is 6. The molecule has 1 rings (SSSR count). The summed E-state index contributed by atoms with van der Waals surface area (Å²) in [7, 11) is 1.57. The highest BCUT2D eigenvalue weighted by Gasteiger charge is 2.24. The summed E-state index contributed by atoms with van der Waals surface area (Å²) >= 11 is 0. The van der Waals surface area contributed by atoms with Gasteiger partial charge in [0.05, 0.1) is 7.11 Å². The normalized spacial score (nSPS) is 12.4. The summed E-state index contributed by atoms with van der Waals surface area (Å²) in [6.07, 6.45) is -0.788. The second-order valence-electron chi connectivity index (χ2n) is 5.54. The van der Waals surface area contributed by atoms with E-state index in [2.05, 4.69) is 4.74 Å². The number of carbonyl (C=O) groups excluding carboxylic acids is 2. The highest BCUT2D eigenvalue weighted by molar-refractivity contribution is 5.85. The molecule has 1 aromatic rings. The molecular formula is C15H21NO5. The molecule has 1 atom stereocenters. The maximum Gasteiger partial charge on any atom is 0.516 e. The standard InChI is InChI=1S/C15H21NO5/c1-15(2,3)21-14(18)20-13(17)12(16)9-10-5-7-11(19-4)8-6-10/h5-8,12H,9,16H2,1-4H3/t12-/m1/s1. The maximum atomic E-state index is 11.7. The van der Waals surface area contributed by atoms with E-state index in [1.807, 2.05) is 0 Å². The zero-order valence-corrected chi connectivity index (χ0v) is 12.7. The van der Waals surface area contributed by atoms with Gasteiger partial charge < -0.3 is 19.9 Å². The Morgan fingerprint density at radius 1 is 1.19 bits per heavy atom. The van der Waals surface area contributed by atoms with Crippen LogP contribution in [0.2, 0.25) is 0 Å². The van der Waals surface area contributed by atoms with Crippen molar-refractivity contribution in [2.45, 2.75) is 38.8 Å². The van der Waals surface area contributed by atoms with Crippen LogP contribution in [0, 0.1) is 0 Å². The molecule has 0 heterocycles. The SMILES string of the molecule is COc1ccc(C[C@@H](N)C(=O)OC(=O)OC(C)(C)C)cc1. The van der Waals surface area contributed by atoms with Crippen LogP contribution in [0.15, 0.2) is 24.3 Å². The number of methoxy groups -OCH3 is 1. The molecule has 6 nitrogen and oxygen atoms in total. The van der Waals surface area contributed by atoms with Crippen LogP contribution < -0.4 is 10.5 Å². The van der Waals surface area contributed by atoms with Gasteiger partial charge in [-0.3, -0.25) is 0 Å². The van der Waals surface area contributed by atoms with Crippen LogP contribution in [-0.2, 0) is 20.7 Å². The Kier molecular flexibility index (Phi) is 5.72. The minimum Gasteiger partial charge on any atom is -0.497 e. The Balaban J connectivity index is 2.52. The lowest BCUT2D eigenvalue weighted by Gasteiger charge is -2.19. The summed E-state index contributed by atoms with van der Waals surface area (Å²) in [5.74, 6) is -0.108. The first kappa shape index (κ1) is 17.0. The summed E-state index contributed by atoms with van der Waals surface area (Å²) < 4.78 is 14.5. The van der Waals surface area contributed by atoms with Crippen molar-refractivity contribution in [3.8, 4) is 5.75 Å². The molecule has 0 fully saturated rings. The van der Waals surface area contributed by atoms with Crippen molar-refractivity contribution in [1.29, 1.82) is 0 Å². The predicted octanol–water partition coefficient (Wildman–Crippen LogP) is 2.04. The lowest BCUT2D eigenvalue weighted by Crippen LogP contribution is -2.37. The third-order valence-electron chi connectivity index (χ3n) is 2.49. The van der Waals surface area contributed by atoms with Crippen molar-refractivity contribution in [3.05, 3.63) is 29.8 Å². The summed E-state index contributed by atoms with van der Waals surface area (Å²) in [5, 5.41) is 0. The van der Waals surface area contributed by atoms with E-state index in [4.69, 9.17) is 15.2 Å². The summed E-state index contributed by atoms with van der Waals surface area (Å²) in [4.78, 5) is 23.1. The van der Waals surface area contributed by atoms with Gasteiger partial charge in [-0.25, -0.2) is 9.59 Å². The number of rotatable bonds is 4. The van der Waals surface area contributed by atoms with Gasteiger partial charge >= 0.3 is 12.1 Å². The third kappa shape index (κ3) is 6.27. The van der Waals surface area contributed by atoms with Crippen molar-refractivity contribution in [1.82, 2.24) is 0 Å². The van der Waals surface area contributed by atoms with Crippen LogP contribution in [0.5, 0.6) is 5.75 Å². The Labute approximate surface area is 124 Å². The molecule has 1 aromatic carbocycles. The Hall–Kier alpha value is -2.08. The molecule has 0 saturated carbocycles. The molecule has 0 spiro atoms. The monoisotopic (exact) mass is 295 g/mol. The van der Waals surface area contributed by atoms with E-state index >= 15 is 0 Å². The van der Waals surface area contributed by atoms with Crippen LogP contribution in [0.25, 0.3) is 0 Å². The van der Waals surface area contributed by atoms with Gasteiger partial charge in [0.1, 0.15) is 17.4 Å². The molecule has 0 saturated heterocycles. The van der Waals surface area contributed by atoms with Gasteiger partial charge in [-0.2, -0.15) is 0 Å². The summed E-state index contributed by atoms with van der Waals surface area (Å²) in [6, 6.07) is 6.17. The fraction of sp³-hybridized carbons (Fsp3) is 0.467. The van der Waals surface area contributed by atoms with Crippen LogP contribution in [-0.4, -0.2) is 30.9 Å². The number of hydrogen-bond donors (Lipinski definition) is 1. The van der Waals surface area contributed by atoms with Crippen molar-refractivity contribution < 1.29 is 23.8 Å². The molecule has 0 radical (unpaired) electrons. The summed E-state index contributed by atoms with van der Waals surface area (Å²) in [5.41, 5.74) is 5.83. The first-order valence-electron chi connectivity index (χ1n) is 6.54. The minimum absolute atomic E-state index is 0.256. The molecule has 6 heteroatoms. The molecule has 21 heavy (non-hydrogen) atoms. The van der Waals surface area contributed by atoms with Crippen molar-refractivity contribution in [3.63, 3.8) is 0 Å². The highest BCUT2D eigenvalue weighted by Crippen LogP contribution is 2.13. The van der Waals surface area contributed by atoms with Gasteiger partial charge in [-0.05, 0) is 44.9 Å². The van der Waals surface area contributed by atoms with Crippen molar-refractivity contribution in [2.24, 2.45) is 5.73 Å². The largest absolute Gasteiger partial charge is 0.516 e. The Morgan fingerprint density at radius 3 is 2.24 bits per heavy atom. The number of nitrogens with two attached hydrogens (primary N) is 1. The van der Waals surface area contributed by atoms with Crippen LogP contribution in [0.4, 0.5) is 4.79 Å². The molecule has 2 N–H and O–H groups in total. The lowest BCUT2D eigenvalue weighted by atomic mass is 10.1. The minimum atomic E-state index is -1.04. The third-order valence-corrected chi connectivity index (χ3v) is 2.49. The quantitative estimate of drug-likeness (QED) is 0.675. The number of carbonyl (C=O) groups is 2. The van der Waals surface area contributed by atoms with Crippen LogP contribution >= 0.6 is 0 Å². The molecule has 0 bridgehead atoms. The van der Waals surface area contributed by atoms with Gasteiger partial charge in [-0.1, -0.05) is 12.1 Å². The van der Waals surface area contributed by atoms with E-state index in [1.165, 1.54) is 0 Å². The van der Waals surface area contributed by atoms with Gasteiger partial charge in [0, 0.05) is 0 Å². The highest BCUT2D eigenvalue weighted by atomic mass is 16.7. The van der Waals surface area contributed by atoms with Gasteiger partial charge in [0.2, 0.25) is 0 Å². The number of ether oxygens (including phenoxy) is 3. The average molecular weight is 295 g/mol. The molecule has 0 unspecified atom stereocenters. The molecule has 0 aliphatic carbocycles. The second-order valence-corrected chi connectivity index (χ2v) is 5.54. The van der Waals surface area contributed by atoms with Gasteiger partial charge in [0.15, 0.2) is 0 Å². The summed E-state index contributed by atoms with van der Waals surface area (Å²) in [6.45, 7) is 5.03. The first-order chi connectivity index (χ1) is 9.71. The Bertz CT molecular complexity index is 490. The number of benzene rings is 1. The first-order valence-corrected chi connectivity index (χ1v) is 6.54. The molecule has 0 aliphatic heterocycles. The van der Waals surface area contributed by atoms with E-state index < -0.39 is 23.8 Å². The van der Waals surface area contributed by atoms with E-state index in [0.29, 0.717) is 5.75 Å². The van der Waals surface area contributed by atoms with Gasteiger partial charge in [0.25, 0.3) is 0 Å². The van der Waals surface area contributed by atoms with Gasteiger partial charge in [-0.15, -0.1) is 0 Å². The molecule has 0 amide bonds. The zero-order chi connectivity index (χ0) is 16.0. The molecular weight excluding hydrogens is 274 g/mol. The van der Waals surface area contributed by atoms with E-state index in [-0.39, 0.29) is 6.42 Å². The van der Waals surface area contributed by atoms with E-state index in [1.54, 1.807) is 52.1 Å². The number of esters is 1. The zero-order valence-electron chi connectivity index (χ0n) is 12.7. The van der Waals surface area contributed by atoms with Crippen molar-refractivity contribution >= 4 is 12.1 Å². The van der Waals surface area contributed by atoms with Crippen LogP contribution in [0.3, 0.4) is 0 Å². The van der Waals surface area contributed by atoms with E-state index in [0.717, 1.165) is 5.56 Å². The second kappa shape index (κ2) is 7.08. The Morgan fingerprint density at radius 2 is 1.76 bits per heavy atom. The molecule has 0 aromatic heterocycles. The smallest absolute Gasteiger partial charge is 0.497 e. The molecule has 116 valence electrons. The van der Waals surface area contributed by atoms with Crippen LogP contribution in [0.1, 0.15) is 26.3 Å². The fourth-order valence-electron chi connectivity index (χ4n) is 1.53. The predicted molar refractivity (Wildman–Crippen MR) is 77.0 cm³/mol. The molecule has 0 aliphatic rings.